The third-order valence-electron chi connectivity index (χ3n) is 5.17. The second kappa shape index (κ2) is 9.80. The summed E-state index contributed by atoms with van der Waals surface area (Å²) in [5.74, 6) is 0.479. The van der Waals surface area contributed by atoms with Gasteiger partial charge in [-0.2, -0.15) is 10.1 Å². The van der Waals surface area contributed by atoms with Crippen LogP contribution in [0.4, 0.5) is 28.8 Å². The van der Waals surface area contributed by atoms with Crippen LogP contribution in [-0.2, 0) is 4.79 Å². The molecular weight excluding hydrogens is 430 g/mol. The van der Waals surface area contributed by atoms with Gasteiger partial charge in [-0.3, -0.25) is 9.48 Å². The van der Waals surface area contributed by atoms with E-state index in [4.69, 9.17) is 11.6 Å². The van der Waals surface area contributed by atoms with Crippen molar-refractivity contribution in [3.63, 3.8) is 0 Å². The maximum Gasteiger partial charge on any atom is 0.247 e. The summed E-state index contributed by atoms with van der Waals surface area (Å²) in [4.78, 5) is 20.2. The van der Waals surface area contributed by atoms with Crippen LogP contribution in [0.1, 0.15) is 31.7 Å². The molecule has 2 aromatic heterocycles. The number of aromatic nitrogens is 4. The van der Waals surface area contributed by atoms with Gasteiger partial charge in [0, 0.05) is 17.6 Å². The van der Waals surface area contributed by atoms with Crippen LogP contribution in [0.3, 0.4) is 0 Å². The van der Waals surface area contributed by atoms with Crippen molar-refractivity contribution < 1.29 is 9.90 Å². The van der Waals surface area contributed by atoms with Crippen molar-refractivity contribution in [3.05, 3.63) is 60.5 Å². The quantitative estimate of drug-likeness (QED) is 0.391. The van der Waals surface area contributed by atoms with Crippen LogP contribution < -0.4 is 16.0 Å². The minimum atomic E-state index is -0.294. The number of carbonyl (C=O) groups excluding carboxylic acids is 1. The maximum atomic E-state index is 11.5. The molecule has 1 aromatic carbocycles. The number of aliphatic hydroxyl groups is 1. The monoisotopic (exact) mass is 453 g/mol. The maximum absolute atomic E-state index is 11.5. The second-order valence-corrected chi connectivity index (χ2v) is 8.00. The Kier molecular flexibility index (Phi) is 6.67. The molecule has 2 heterocycles. The minimum Gasteiger partial charge on any atom is -0.393 e. The highest BCUT2D eigenvalue weighted by atomic mass is 35.5. The van der Waals surface area contributed by atoms with E-state index in [0.29, 0.717) is 34.6 Å². The largest absolute Gasteiger partial charge is 0.393 e. The normalized spacial score (nSPS) is 18.1. The number of benzene rings is 1. The number of nitrogens with one attached hydrogen (secondary N) is 3. The Morgan fingerprint density at radius 2 is 2.06 bits per heavy atom. The van der Waals surface area contributed by atoms with Gasteiger partial charge in [-0.25, -0.2) is 4.98 Å². The van der Waals surface area contributed by atoms with Gasteiger partial charge >= 0.3 is 0 Å². The van der Waals surface area contributed by atoms with E-state index in [1.165, 1.54) is 12.3 Å². The molecule has 0 aliphatic heterocycles. The lowest BCUT2D eigenvalue weighted by Crippen LogP contribution is -2.22. The molecule has 32 heavy (non-hydrogen) atoms. The Labute approximate surface area is 190 Å². The first kappa shape index (κ1) is 21.8. The molecule has 1 amide bonds. The number of nitrogens with zero attached hydrogens (tertiary/aromatic N) is 4. The van der Waals surface area contributed by atoms with E-state index < -0.39 is 0 Å². The number of amides is 1. The molecule has 1 aliphatic carbocycles. The fourth-order valence-corrected chi connectivity index (χ4v) is 3.77. The van der Waals surface area contributed by atoms with E-state index in [1.807, 2.05) is 16.9 Å². The number of rotatable bonds is 7. The van der Waals surface area contributed by atoms with Gasteiger partial charge in [-0.05, 0) is 50.0 Å². The molecule has 0 bridgehead atoms. The zero-order valence-electron chi connectivity index (χ0n) is 17.3. The highest BCUT2D eigenvalue weighted by Gasteiger charge is 2.22. The predicted octanol–water partition coefficient (Wildman–Crippen LogP) is 4.41. The van der Waals surface area contributed by atoms with Crippen LogP contribution in [0, 0.1) is 0 Å². The summed E-state index contributed by atoms with van der Waals surface area (Å²) in [6.07, 6.45) is 9.57. The van der Waals surface area contributed by atoms with E-state index in [1.54, 1.807) is 24.4 Å². The Bertz CT molecular complexity index is 1120. The molecule has 3 aromatic rings. The molecule has 1 fully saturated rings. The van der Waals surface area contributed by atoms with E-state index >= 15 is 0 Å². The highest BCUT2D eigenvalue weighted by molar-refractivity contribution is 6.32. The van der Waals surface area contributed by atoms with E-state index in [-0.39, 0.29) is 18.1 Å². The third-order valence-corrected chi connectivity index (χ3v) is 5.45. The fourth-order valence-electron chi connectivity index (χ4n) is 3.63. The minimum absolute atomic E-state index is 0.187. The topological polar surface area (TPSA) is 117 Å². The SMILES string of the molecule is C=CC(=O)Nc1cccc(Nc2nc(Nc3cnn(C4CCCC(O)C4)c3)ncc2Cl)c1. The standard InChI is InChI=1S/C22H24ClN7O2/c1-2-20(32)26-14-5-3-6-15(9-14)27-21-19(23)12-24-22(29-21)28-16-11-25-30(13-16)17-7-4-8-18(31)10-17/h2-3,5-6,9,11-13,17-18,31H,1,4,7-8,10H2,(H,26,32)(H2,24,27,28,29). The van der Waals surface area contributed by atoms with Crippen LogP contribution in [0.5, 0.6) is 0 Å². The average molecular weight is 454 g/mol. The van der Waals surface area contributed by atoms with Gasteiger partial charge in [0.25, 0.3) is 0 Å². The van der Waals surface area contributed by atoms with Crippen molar-refractivity contribution in [1.82, 2.24) is 19.7 Å². The first-order chi connectivity index (χ1) is 15.5. The van der Waals surface area contributed by atoms with Crippen LogP contribution in [0.15, 0.2) is 55.5 Å². The van der Waals surface area contributed by atoms with Crippen LogP contribution >= 0.6 is 11.6 Å². The molecule has 0 saturated heterocycles. The molecule has 10 heteroatoms. The molecule has 9 nitrogen and oxygen atoms in total. The number of hydrogen-bond donors (Lipinski definition) is 4. The van der Waals surface area contributed by atoms with Crippen LogP contribution in [0.25, 0.3) is 0 Å². The van der Waals surface area contributed by atoms with Crippen molar-refractivity contribution in [2.75, 3.05) is 16.0 Å². The molecule has 0 radical (unpaired) electrons. The van der Waals surface area contributed by atoms with Gasteiger partial charge in [0.1, 0.15) is 5.02 Å². The molecule has 4 N–H and O–H groups in total. The van der Waals surface area contributed by atoms with Crippen LogP contribution in [-0.4, -0.2) is 36.9 Å². The summed E-state index contributed by atoms with van der Waals surface area (Å²) >= 11 is 6.28. The molecule has 0 spiro atoms. The Hall–Kier alpha value is -3.43. The average Bonchev–Trinajstić information content (AvgIpc) is 3.25. The van der Waals surface area contributed by atoms with E-state index in [2.05, 4.69) is 37.6 Å². The summed E-state index contributed by atoms with van der Waals surface area (Å²) in [6, 6.07) is 7.34. The number of anilines is 5. The predicted molar refractivity (Wildman–Crippen MR) is 125 cm³/mol. The molecular formula is C22H24ClN7O2. The van der Waals surface area contributed by atoms with Gasteiger partial charge in [-0.1, -0.05) is 24.2 Å². The molecule has 4 rings (SSSR count). The van der Waals surface area contributed by atoms with Gasteiger partial charge in [0.2, 0.25) is 11.9 Å². The molecule has 166 valence electrons. The van der Waals surface area contributed by atoms with Gasteiger partial charge in [0.05, 0.1) is 30.2 Å². The Morgan fingerprint density at radius 1 is 1.22 bits per heavy atom. The van der Waals surface area contributed by atoms with Crippen molar-refractivity contribution in [3.8, 4) is 0 Å². The summed E-state index contributed by atoms with van der Waals surface area (Å²) in [5.41, 5.74) is 2.05. The molecule has 1 saturated carbocycles. The summed E-state index contributed by atoms with van der Waals surface area (Å²) in [5, 5.41) is 23.7. The van der Waals surface area contributed by atoms with E-state index in [0.717, 1.165) is 24.9 Å². The van der Waals surface area contributed by atoms with Gasteiger partial charge in [0.15, 0.2) is 5.82 Å². The van der Waals surface area contributed by atoms with Crippen molar-refractivity contribution in [2.45, 2.75) is 37.8 Å². The zero-order valence-corrected chi connectivity index (χ0v) is 18.1. The van der Waals surface area contributed by atoms with Crippen LogP contribution in [0.2, 0.25) is 5.02 Å². The van der Waals surface area contributed by atoms with Crippen molar-refractivity contribution in [1.29, 1.82) is 0 Å². The van der Waals surface area contributed by atoms with Gasteiger partial charge in [-0.15, -0.1) is 0 Å². The lowest BCUT2D eigenvalue weighted by Gasteiger charge is -2.25. The summed E-state index contributed by atoms with van der Waals surface area (Å²) < 4.78 is 1.88. The summed E-state index contributed by atoms with van der Waals surface area (Å²) in [7, 11) is 0. The van der Waals surface area contributed by atoms with Crippen molar-refractivity contribution >= 4 is 46.3 Å². The first-order valence-electron chi connectivity index (χ1n) is 10.3. The Morgan fingerprint density at radius 3 is 2.88 bits per heavy atom. The lowest BCUT2D eigenvalue weighted by molar-refractivity contribution is -0.111. The third kappa shape index (κ3) is 5.43. The number of hydrogen-bond acceptors (Lipinski definition) is 7. The smallest absolute Gasteiger partial charge is 0.247 e. The molecule has 1 aliphatic rings. The molecule has 2 unspecified atom stereocenters. The fraction of sp³-hybridized carbons (Fsp3) is 0.273. The lowest BCUT2D eigenvalue weighted by atomic mass is 9.93. The van der Waals surface area contributed by atoms with E-state index in [9.17, 15) is 9.90 Å². The summed E-state index contributed by atoms with van der Waals surface area (Å²) in [6.45, 7) is 3.45. The number of carbonyl (C=O) groups is 1. The Balaban J connectivity index is 1.46. The number of aliphatic hydroxyl groups excluding tert-OH is 1. The van der Waals surface area contributed by atoms with Crippen molar-refractivity contribution in [2.24, 2.45) is 0 Å². The number of halogens is 1. The molecule has 2 atom stereocenters. The second-order valence-electron chi connectivity index (χ2n) is 7.60. The zero-order chi connectivity index (χ0) is 22.5. The highest BCUT2D eigenvalue weighted by Crippen LogP contribution is 2.30. The van der Waals surface area contributed by atoms with Gasteiger partial charge < -0.3 is 21.1 Å². The first-order valence-corrected chi connectivity index (χ1v) is 10.7.